The monoisotopic (exact) mass is 333 g/mol. The number of carbonyl (C=O) groups is 1. The predicted molar refractivity (Wildman–Crippen MR) is 67.6 cm³/mol. The number of ether oxygens (including phenoxy) is 1. The molecule has 0 bridgehead atoms. The SMILES string of the molecule is O=C(O)[C@@H]1C[C@@H](Oc2ccc(I)cc2)CN1. The number of carboxylic acid groups (broad SMARTS) is 1. The number of carboxylic acids is 1. The Morgan fingerprint density at radius 2 is 2.12 bits per heavy atom. The summed E-state index contributed by atoms with van der Waals surface area (Å²) in [4.78, 5) is 10.7. The summed E-state index contributed by atoms with van der Waals surface area (Å²) in [5.74, 6) is -0.0213. The van der Waals surface area contributed by atoms with E-state index < -0.39 is 12.0 Å². The van der Waals surface area contributed by atoms with E-state index in [0.717, 1.165) is 9.32 Å². The van der Waals surface area contributed by atoms with Gasteiger partial charge in [0.05, 0.1) is 0 Å². The molecule has 1 heterocycles. The fourth-order valence-corrected chi connectivity index (χ4v) is 2.05. The zero-order valence-electron chi connectivity index (χ0n) is 8.52. The Balaban J connectivity index is 1.92. The summed E-state index contributed by atoms with van der Waals surface area (Å²) in [5, 5.41) is 11.7. The van der Waals surface area contributed by atoms with Crippen LogP contribution in [-0.2, 0) is 4.79 Å². The Bertz CT molecular complexity index is 379. The minimum atomic E-state index is -0.811. The second-order valence-electron chi connectivity index (χ2n) is 3.73. The van der Waals surface area contributed by atoms with E-state index in [0.29, 0.717) is 13.0 Å². The summed E-state index contributed by atoms with van der Waals surface area (Å²) < 4.78 is 6.83. The average Bonchev–Trinajstić information content (AvgIpc) is 2.70. The molecular formula is C11H12INO3. The Morgan fingerprint density at radius 1 is 1.44 bits per heavy atom. The lowest BCUT2D eigenvalue weighted by molar-refractivity contribution is -0.139. The molecule has 1 aromatic carbocycles. The molecule has 86 valence electrons. The number of rotatable bonds is 3. The molecule has 2 N–H and O–H groups in total. The highest BCUT2D eigenvalue weighted by molar-refractivity contribution is 14.1. The molecule has 0 aliphatic carbocycles. The van der Waals surface area contributed by atoms with Crippen molar-refractivity contribution in [1.29, 1.82) is 0 Å². The van der Waals surface area contributed by atoms with Crippen LogP contribution in [0.4, 0.5) is 0 Å². The van der Waals surface area contributed by atoms with Crippen LogP contribution in [0.2, 0.25) is 0 Å². The second kappa shape index (κ2) is 5.01. The van der Waals surface area contributed by atoms with E-state index in [1.807, 2.05) is 24.3 Å². The van der Waals surface area contributed by atoms with Gasteiger partial charge in [0.1, 0.15) is 17.9 Å². The van der Waals surface area contributed by atoms with Crippen LogP contribution in [0.15, 0.2) is 24.3 Å². The van der Waals surface area contributed by atoms with Crippen molar-refractivity contribution in [3.05, 3.63) is 27.8 Å². The second-order valence-corrected chi connectivity index (χ2v) is 4.97. The van der Waals surface area contributed by atoms with Crippen LogP contribution in [0.5, 0.6) is 5.75 Å². The number of hydrogen-bond acceptors (Lipinski definition) is 3. The van der Waals surface area contributed by atoms with Crippen molar-refractivity contribution < 1.29 is 14.6 Å². The standard InChI is InChI=1S/C11H12INO3/c12-7-1-3-8(4-2-7)16-9-5-10(11(14)15)13-6-9/h1-4,9-10,13H,5-6H2,(H,14,15)/t9-,10+/m1/s1. The van der Waals surface area contributed by atoms with E-state index in [9.17, 15) is 4.79 Å². The number of halogens is 1. The molecule has 1 aliphatic rings. The summed E-state index contributed by atoms with van der Waals surface area (Å²) in [5.41, 5.74) is 0. The smallest absolute Gasteiger partial charge is 0.320 e. The van der Waals surface area contributed by atoms with E-state index in [-0.39, 0.29) is 6.10 Å². The molecule has 1 saturated heterocycles. The molecule has 1 fully saturated rings. The van der Waals surface area contributed by atoms with E-state index in [2.05, 4.69) is 27.9 Å². The van der Waals surface area contributed by atoms with Crippen molar-refractivity contribution in [2.45, 2.75) is 18.6 Å². The highest BCUT2D eigenvalue weighted by Gasteiger charge is 2.30. The lowest BCUT2D eigenvalue weighted by atomic mass is 10.2. The zero-order chi connectivity index (χ0) is 11.5. The van der Waals surface area contributed by atoms with Gasteiger partial charge < -0.3 is 15.2 Å². The number of aliphatic carboxylic acids is 1. The molecule has 0 unspecified atom stereocenters. The lowest BCUT2D eigenvalue weighted by Crippen LogP contribution is -2.30. The maximum atomic E-state index is 10.7. The molecule has 2 rings (SSSR count). The summed E-state index contributed by atoms with van der Waals surface area (Å²) >= 11 is 2.23. The van der Waals surface area contributed by atoms with Crippen molar-refractivity contribution in [3.8, 4) is 5.75 Å². The van der Waals surface area contributed by atoms with Gasteiger partial charge in [-0.05, 0) is 46.9 Å². The molecule has 0 radical (unpaired) electrons. The third kappa shape index (κ3) is 2.85. The number of hydrogen-bond donors (Lipinski definition) is 2. The van der Waals surface area contributed by atoms with Crippen LogP contribution in [0, 0.1) is 3.57 Å². The van der Waals surface area contributed by atoms with E-state index in [1.54, 1.807) is 0 Å². The molecule has 0 spiro atoms. The molecular weight excluding hydrogens is 321 g/mol. The maximum Gasteiger partial charge on any atom is 0.320 e. The Kier molecular flexibility index (Phi) is 3.65. The van der Waals surface area contributed by atoms with Crippen LogP contribution in [0.1, 0.15) is 6.42 Å². The average molecular weight is 333 g/mol. The molecule has 16 heavy (non-hydrogen) atoms. The van der Waals surface area contributed by atoms with E-state index in [1.165, 1.54) is 0 Å². The number of nitrogens with one attached hydrogen (secondary N) is 1. The first-order valence-corrected chi connectivity index (χ1v) is 6.11. The van der Waals surface area contributed by atoms with Gasteiger partial charge in [0.2, 0.25) is 0 Å². The minimum absolute atomic E-state index is 0.0545. The molecule has 0 aromatic heterocycles. The van der Waals surface area contributed by atoms with Crippen molar-refractivity contribution in [3.63, 3.8) is 0 Å². The summed E-state index contributed by atoms with van der Waals surface area (Å²) in [7, 11) is 0. The van der Waals surface area contributed by atoms with E-state index in [4.69, 9.17) is 9.84 Å². The van der Waals surface area contributed by atoms with Gasteiger partial charge in [-0.15, -0.1) is 0 Å². The van der Waals surface area contributed by atoms with Gasteiger partial charge >= 0.3 is 5.97 Å². The highest BCUT2D eigenvalue weighted by atomic mass is 127. The fourth-order valence-electron chi connectivity index (χ4n) is 1.69. The minimum Gasteiger partial charge on any atom is -0.489 e. The van der Waals surface area contributed by atoms with E-state index >= 15 is 0 Å². The summed E-state index contributed by atoms with van der Waals surface area (Å²) in [6, 6.07) is 7.25. The van der Waals surface area contributed by atoms with Gasteiger partial charge in [-0.3, -0.25) is 4.79 Å². The molecule has 4 nitrogen and oxygen atoms in total. The van der Waals surface area contributed by atoms with Crippen molar-refractivity contribution in [1.82, 2.24) is 5.32 Å². The van der Waals surface area contributed by atoms with Crippen LogP contribution in [-0.4, -0.2) is 29.8 Å². The molecule has 1 aliphatic heterocycles. The normalized spacial score (nSPS) is 24.3. The quantitative estimate of drug-likeness (QED) is 0.823. The largest absolute Gasteiger partial charge is 0.489 e. The summed E-state index contributed by atoms with van der Waals surface area (Å²) in [6.07, 6.45) is 0.461. The first-order valence-electron chi connectivity index (χ1n) is 5.03. The van der Waals surface area contributed by atoms with Crippen molar-refractivity contribution in [2.24, 2.45) is 0 Å². The van der Waals surface area contributed by atoms with Crippen molar-refractivity contribution >= 4 is 28.6 Å². The fraction of sp³-hybridized carbons (Fsp3) is 0.364. The highest BCUT2D eigenvalue weighted by Crippen LogP contribution is 2.18. The van der Waals surface area contributed by atoms with Crippen molar-refractivity contribution in [2.75, 3.05) is 6.54 Å². The van der Waals surface area contributed by atoms with Crippen LogP contribution in [0.3, 0.4) is 0 Å². The first kappa shape index (κ1) is 11.7. The van der Waals surface area contributed by atoms with Gasteiger partial charge in [0, 0.05) is 16.5 Å². The Labute approximate surface area is 107 Å². The Hall–Kier alpha value is -0.820. The van der Waals surface area contributed by atoms with Crippen LogP contribution >= 0.6 is 22.6 Å². The predicted octanol–water partition coefficient (Wildman–Crippen LogP) is 1.49. The van der Waals surface area contributed by atoms with Gasteiger partial charge in [0.15, 0.2) is 0 Å². The third-order valence-electron chi connectivity index (χ3n) is 2.50. The Morgan fingerprint density at radius 3 is 2.69 bits per heavy atom. The molecule has 1 aromatic rings. The topological polar surface area (TPSA) is 58.6 Å². The lowest BCUT2D eigenvalue weighted by Gasteiger charge is -2.12. The van der Waals surface area contributed by atoms with Gasteiger partial charge in [0.25, 0.3) is 0 Å². The molecule has 5 heteroatoms. The van der Waals surface area contributed by atoms with Crippen LogP contribution in [0.25, 0.3) is 0 Å². The summed E-state index contributed by atoms with van der Waals surface area (Å²) in [6.45, 7) is 0.586. The molecule has 2 atom stereocenters. The number of benzene rings is 1. The zero-order valence-corrected chi connectivity index (χ0v) is 10.7. The van der Waals surface area contributed by atoms with Gasteiger partial charge in [-0.25, -0.2) is 0 Å². The van der Waals surface area contributed by atoms with Crippen LogP contribution < -0.4 is 10.1 Å². The van der Waals surface area contributed by atoms with Gasteiger partial charge in [-0.1, -0.05) is 0 Å². The molecule has 0 saturated carbocycles. The first-order chi connectivity index (χ1) is 7.65. The maximum absolute atomic E-state index is 10.7. The molecule has 0 amide bonds. The van der Waals surface area contributed by atoms with Gasteiger partial charge in [-0.2, -0.15) is 0 Å². The third-order valence-corrected chi connectivity index (χ3v) is 3.22.